The summed E-state index contributed by atoms with van der Waals surface area (Å²) in [5, 5.41) is 22.5. The van der Waals surface area contributed by atoms with E-state index >= 15 is 0 Å². The second kappa shape index (κ2) is 7.23. The van der Waals surface area contributed by atoms with Gasteiger partial charge >= 0.3 is 0 Å². The number of aliphatic hydroxyl groups is 2. The number of benzene rings is 2. The lowest BCUT2D eigenvalue weighted by atomic mass is 9.68. The molecule has 0 aromatic heterocycles. The summed E-state index contributed by atoms with van der Waals surface area (Å²) >= 11 is 0. The number of nitrogens with two attached hydrogens (primary N) is 1. The summed E-state index contributed by atoms with van der Waals surface area (Å²) in [7, 11) is 2.98. The van der Waals surface area contributed by atoms with Crippen LogP contribution in [0.15, 0.2) is 24.3 Å². The summed E-state index contributed by atoms with van der Waals surface area (Å²) in [6.07, 6.45) is -1.48. The predicted molar refractivity (Wildman–Crippen MR) is 112 cm³/mol. The number of fused-ring (bicyclic) bond motifs is 4. The number of ether oxygens (including phenoxy) is 6. The monoisotopic (exact) mass is 445 g/mol. The van der Waals surface area contributed by atoms with Crippen LogP contribution in [-0.4, -0.2) is 43.1 Å². The first-order valence-electron chi connectivity index (χ1n) is 10.4. The summed E-state index contributed by atoms with van der Waals surface area (Å²) < 4.78 is 34.4. The Bertz CT molecular complexity index is 1070. The Hall–Kier alpha value is -2.56. The molecule has 2 aromatic carbocycles. The zero-order valence-corrected chi connectivity index (χ0v) is 18.4. The van der Waals surface area contributed by atoms with Crippen molar-refractivity contribution in [2.24, 2.45) is 5.73 Å². The average molecular weight is 445 g/mol. The van der Waals surface area contributed by atoms with Crippen LogP contribution in [0.5, 0.6) is 23.0 Å². The minimum atomic E-state index is -1.75. The van der Waals surface area contributed by atoms with E-state index in [9.17, 15) is 10.2 Å². The van der Waals surface area contributed by atoms with E-state index in [1.54, 1.807) is 32.0 Å². The van der Waals surface area contributed by atoms with E-state index in [0.717, 1.165) is 5.56 Å². The number of hydrogen-bond donors (Lipinski definition) is 3. The van der Waals surface area contributed by atoms with Gasteiger partial charge in [0.1, 0.15) is 17.8 Å². The lowest BCUT2D eigenvalue weighted by Crippen LogP contribution is -2.54. The van der Waals surface area contributed by atoms with Crippen molar-refractivity contribution < 1.29 is 38.6 Å². The largest absolute Gasteiger partial charge is 0.493 e. The van der Waals surface area contributed by atoms with E-state index in [-0.39, 0.29) is 6.79 Å². The van der Waals surface area contributed by atoms with Gasteiger partial charge in [0.15, 0.2) is 28.8 Å². The van der Waals surface area contributed by atoms with Crippen molar-refractivity contribution >= 4 is 0 Å². The molecule has 5 rings (SSSR count). The minimum Gasteiger partial charge on any atom is -0.493 e. The van der Waals surface area contributed by atoms with Crippen molar-refractivity contribution in [2.45, 2.75) is 50.1 Å². The normalized spacial score (nSPS) is 29.4. The van der Waals surface area contributed by atoms with E-state index in [1.807, 2.05) is 6.07 Å². The van der Waals surface area contributed by atoms with Crippen LogP contribution in [0.1, 0.15) is 48.2 Å². The van der Waals surface area contributed by atoms with Gasteiger partial charge in [-0.2, -0.15) is 0 Å². The standard InChI is InChI=1S/C23H27NO8/c1-22(2)31-19-11-7-16-17(30-10-29-16)8-12(11)20(24)23(26,21(19)32-22)14-5-6-15(27-3)18(28-4)13(14)9-25/h5-8,19-21,25-26H,9-10,24H2,1-4H3. The quantitative estimate of drug-likeness (QED) is 0.649. The molecular formula is C23H27NO8. The highest BCUT2D eigenvalue weighted by atomic mass is 16.8. The van der Waals surface area contributed by atoms with Gasteiger partial charge in [0.2, 0.25) is 6.79 Å². The molecule has 0 saturated carbocycles. The van der Waals surface area contributed by atoms with E-state index in [4.69, 9.17) is 34.2 Å². The number of rotatable bonds is 4. The summed E-state index contributed by atoms with van der Waals surface area (Å²) in [6.45, 7) is 3.27. The molecular weight excluding hydrogens is 418 g/mol. The molecule has 1 fully saturated rings. The van der Waals surface area contributed by atoms with Gasteiger partial charge in [0.25, 0.3) is 0 Å². The minimum absolute atomic E-state index is 0.110. The molecule has 4 unspecified atom stereocenters. The van der Waals surface area contributed by atoms with Gasteiger partial charge < -0.3 is 44.4 Å². The van der Waals surface area contributed by atoms with Crippen molar-refractivity contribution in [1.29, 1.82) is 0 Å². The van der Waals surface area contributed by atoms with Crippen LogP contribution >= 0.6 is 0 Å². The van der Waals surface area contributed by atoms with E-state index in [2.05, 4.69) is 0 Å². The first-order chi connectivity index (χ1) is 15.2. The molecule has 0 bridgehead atoms. The number of methoxy groups -OCH3 is 2. The lowest BCUT2D eigenvalue weighted by molar-refractivity contribution is -0.178. The molecule has 4 atom stereocenters. The first-order valence-corrected chi connectivity index (χ1v) is 10.4. The molecule has 0 spiro atoms. The first kappa shape index (κ1) is 21.3. The summed E-state index contributed by atoms with van der Waals surface area (Å²) in [5.41, 5.74) is 7.16. The molecule has 4 N–H and O–H groups in total. The number of hydrogen-bond acceptors (Lipinski definition) is 9. The molecule has 9 nitrogen and oxygen atoms in total. The van der Waals surface area contributed by atoms with Crippen LogP contribution in [-0.2, 0) is 21.7 Å². The van der Waals surface area contributed by atoms with Crippen molar-refractivity contribution in [1.82, 2.24) is 0 Å². The Balaban J connectivity index is 1.75. The Morgan fingerprint density at radius 2 is 1.75 bits per heavy atom. The third-order valence-corrected chi connectivity index (χ3v) is 6.46. The fraction of sp³-hybridized carbons (Fsp3) is 0.478. The van der Waals surface area contributed by atoms with Crippen molar-refractivity contribution in [3.8, 4) is 23.0 Å². The predicted octanol–water partition coefficient (Wildman–Crippen LogP) is 2.02. The van der Waals surface area contributed by atoms with Gasteiger partial charge in [-0.05, 0) is 48.7 Å². The van der Waals surface area contributed by atoms with E-state index in [1.165, 1.54) is 14.2 Å². The third-order valence-electron chi connectivity index (χ3n) is 6.46. The van der Waals surface area contributed by atoms with Crippen LogP contribution in [0, 0.1) is 0 Å². The van der Waals surface area contributed by atoms with Gasteiger partial charge in [-0.3, -0.25) is 0 Å². The zero-order valence-electron chi connectivity index (χ0n) is 18.4. The zero-order chi connectivity index (χ0) is 22.8. The average Bonchev–Trinajstić information content (AvgIpc) is 3.38. The highest BCUT2D eigenvalue weighted by Gasteiger charge is 2.61. The topological polar surface area (TPSA) is 122 Å². The van der Waals surface area contributed by atoms with Crippen LogP contribution in [0.25, 0.3) is 0 Å². The molecule has 32 heavy (non-hydrogen) atoms. The van der Waals surface area contributed by atoms with Crippen LogP contribution in [0.4, 0.5) is 0 Å². The smallest absolute Gasteiger partial charge is 0.231 e. The van der Waals surface area contributed by atoms with Gasteiger partial charge in [0.05, 0.1) is 26.9 Å². The van der Waals surface area contributed by atoms with E-state index < -0.39 is 36.2 Å². The SMILES string of the molecule is COc1ccc(C2(O)C(N)c3cc4c(cc3C3OC(C)(C)OC32)OCO4)c(CO)c1OC. The van der Waals surface area contributed by atoms with E-state index in [0.29, 0.717) is 39.7 Å². The third kappa shape index (κ3) is 2.82. The Morgan fingerprint density at radius 3 is 2.38 bits per heavy atom. The van der Waals surface area contributed by atoms with Crippen LogP contribution in [0.3, 0.4) is 0 Å². The molecule has 172 valence electrons. The molecule has 0 radical (unpaired) electrons. The molecule has 2 aromatic rings. The molecule has 1 aliphatic carbocycles. The lowest BCUT2D eigenvalue weighted by Gasteiger charge is -2.46. The van der Waals surface area contributed by atoms with Gasteiger partial charge in [-0.25, -0.2) is 0 Å². The van der Waals surface area contributed by atoms with Crippen molar-refractivity contribution in [3.63, 3.8) is 0 Å². The van der Waals surface area contributed by atoms with Crippen LogP contribution in [0.2, 0.25) is 0 Å². The fourth-order valence-electron chi connectivity index (χ4n) is 5.06. The maximum atomic E-state index is 12.3. The van der Waals surface area contributed by atoms with Gasteiger partial charge in [-0.1, -0.05) is 6.07 Å². The second-order valence-corrected chi connectivity index (χ2v) is 8.60. The Morgan fingerprint density at radius 1 is 1.06 bits per heavy atom. The fourth-order valence-corrected chi connectivity index (χ4v) is 5.06. The summed E-state index contributed by atoms with van der Waals surface area (Å²) in [5.74, 6) is 0.914. The van der Waals surface area contributed by atoms with Gasteiger partial charge in [-0.15, -0.1) is 0 Å². The van der Waals surface area contributed by atoms with Crippen molar-refractivity contribution in [3.05, 3.63) is 46.5 Å². The second-order valence-electron chi connectivity index (χ2n) is 8.60. The maximum absolute atomic E-state index is 12.3. The Kier molecular flexibility index (Phi) is 4.81. The van der Waals surface area contributed by atoms with Crippen LogP contribution < -0.4 is 24.7 Å². The molecule has 0 amide bonds. The highest BCUT2D eigenvalue weighted by Crippen LogP contribution is 2.58. The molecule has 2 aliphatic heterocycles. The Labute approximate surface area is 185 Å². The van der Waals surface area contributed by atoms with Gasteiger partial charge in [0, 0.05) is 5.56 Å². The molecule has 2 heterocycles. The summed E-state index contributed by atoms with van der Waals surface area (Å²) in [4.78, 5) is 0. The molecule has 9 heteroatoms. The molecule has 1 saturated heterocycles. The van der Waals surface area contributed by atoms with Crippen molar-refractivity contribution in [2.75, 3.05) is 21.0 Å². The molecule has 3 aliphatic rings. The maximum Gasteiger partial charge on any atom is 0.231 e. The number of aliphatic hydroxyl groups excluding tert-OH is 1. The highest BCUT2D eigenvalue weighted by molar-refractivity contribution is 5.57. The summed E-state index contributed by atoms with van der Waals surface area (Å²) in [6, 6.07) is 6.03.